The maximum atomic E-state index is 11.9. The van der Waals surface area contributed by atoms with Gasteiger partial charge < -0.3 is 16.4 Å². The molecule has 0 saturated heterocycles. The molecule has 1 aromatic rings. The minimum atomic E-state index is 0.0989. The summed E-state index contributed by atoms with van der Waals surface area (Å²) in [5.41, 5.74) is 13.2. The zero-order valence-electron chi connectivity index (χ0n) is 14.7. The molecule has 0 saturated carbocycles. The molecule has 0 heterocycles. The summed E-state index contributed by atoms with van der Waals surface area (Å²) < 4.78 is 0. The van der Waals surface area contributed by atoms with Crippen molar-refractivity contribution in [3.63, 3.8) is 0 Å². The normalized spacial score (nSPS) is 11.8. The molecule has 0 unspecified atom stereocenters. The van der Waals surface area contributed by atoms with Crippen molar-refractivity contribution in [1.29, 1.82) is 10.8 Å². The summed E-state index contributed by atoms with van der Waals surface area (Å²) in [4.78, 5) is 13.5. The maximum Gasteiger partial charge on any atom is 0.222 e. The van der Waals surface area contributed by atoms with Crippen molar-refractivity contribution < 1.29 is 4.79 Å². The number of carbonyl (C=O) groups excluding carboxylic acids is 1. The van der Waals surface area contributed by atoms with Gasteiger partial charge in [0.25, 0.3) is 0 Å². The summed E-state index contributed by atoms with van der Waals surface area (Å²) in [7, 11) is 3.52. The Morgan fingerprint density at radius 1 is 1.12 bits per heavy atom. The molecular formula is C17H27N5OS2. The van der Waals surface area contributed by atoms with E-state index >= 15 is 0 Å². The molecule has 25 heavy (non-hydrogen) atoms. The molecule has 8 heteroatoms. The van der Waals surface area contributed by atoms with Gasteiger partial charge in [-0.25, -0.2) is 0 Å². The first-order valence-corrected chi connectivity index (χ1v) is 9.99. The second-order valence-electron chi connectivity index (χ2n) is 5.90. The maximum absolute atomic E-state index is 11.9. The lowest BCUT2D eigenvalue weighted by atomic mass is 9.94. The van der Waals surface area contributed by atoms with Gasteiger partial charge in [0, 0.05) is 32.0 Å². The molecule has 0 radical (unpaired) electrons. The number of rotatable bonds is 9. The Labute approximate surface area is 158 Å². The standard InChI is InChI=1S/C17H27N5OS2/c1-22(2)15(23)8-7-14(11-25-17(20)21)13-5-3-12(4-6-13)9-10-24-16(18)19/h3-6,14H,7-11H2,1-2H3,(H3,18,19)(H3,20,21)/t14-/m0/s1. The summed E-state index contributed by atoms with van der Waals surface area (Å²) in [6.45, 7) is 0. The van der Waals surface area contributed by atoms with Gasteiger partial charge in [0.2, 0.25) is 5.91 Å². The van der Waals surface area contributed by atoms with Crippen LogP contribution in [-0.4, -0.2) is 46.7 Å². The van der Waals surface area contributed by atoms with Crippen LogP contribution < -0.4 is 11.5 Å². The van der Waals surface area contributed by atoms with Crippen molar-refractivity contribution in [2.24, 2.45) is 11.5 Å². The van der Waals surface area contributed by atoms with Crippen LogP contribution in [0.3, 0.4) is 0 Å². The van der Waals surface area contributed by atoms with Crippen LogP contribution in [0.5, 0.6) is 0 Å². The van der Waals surface area contributed by atoms with E-state index in [9.17, 15) is 4.79 Å². The molecule has 0 aliphatic rings. The lowest BCUT2D eigenvalue weighted by Gasteiger charge is -2.18. The lowest BCUT2D eigenvalue weighted by Crippen LogP contribution is -2.22. The smallest absolute Gasteiger partial charge is 0.222 e. The highest BCUT2D eigenvalue weighted by molar-refractivity contribution is 8.13. The van der Waals surface area contributed by atoms with Crippen LogP contribution in [0.1, 0.15) is 29.9 Å². The second-order valence-corrected chi connectivity index (χ2v) is 8.10. The summed E-state index contributed by atoms with van der Waals surface area (Å²) in [5.74, 6) is 1.76. The van der Waals surface area contributed by atoms with Crippen LogP contribution >= 0.6 is 23.5 Å². The molecular weight excluding hydrogens is 354 g/mol. The number of benzene rings is 1. The molecule has 0 aliphatic heterocycles. The highest BCUT2D eigenvalue weighted by Gasteiger charge is 2.15. The van der Waals surface area contributed by atoms with Crippen molar-refractivity contribution in [2.75, 3.05) is 25.6 Å². The van der Waals surface area contributed by atoms with E-state index in [4.69, 9.17) is 22.3 Å². The largest absolute Gasteiger partial charge is 0.379 e. The van der Waals surface area contributed by atoms with Crippen LogP contribution in [0, 0.1) is 10.8 Å². The number of aryl methyl sites for hydroxylation is 1. The van der Waals surface area contributed by atoms with Gasteiger partial charge in [-0.15, -0.1) is 0 Å². The Hall–Kier alpha value is -1.67. The molecule has 0 spiro atoms. The third-order valence-corrected chi connectivity index (χ3v) is 5.34. The van der Waals surface area contributed by atoms with E-state index in [1.54, 1.807) is 19.0 Å². The topological polar surface area (TPSA) is 120 Å². The highest BCUT2D eigenvalue weighted by Crippen LogP contribution is 2.26. The monoisotopic (exact) mass is 381 g/mol. The Morgan fingerprint density at radius 2 is 1.72 bits per heavy atom. The number of nitrogens with one attached hydrogen (secondary N) is 2. The Bertz CT molecular complexity index is 589. The predicted octanol–water partition coefficient (Wildman–Crippen LogP) is 2.43. The highest BCUT2D eigenvalue weighted by atomic mass is 32.2. The first-order chi connectivity index (χ1) is 11.8. The molecule has 1 amide bonds. The third-order valence-electron chi connectivity index (χ3n) is 3.74. The van der Waals surface area contributed by atoms with Gasteiger partial charge in [0.1, 0.15) is 0 Å². The van der Waals surface area contributed by atoms with Gasteiger partial charge in [0.15, 0.2) is 10.3 Å². The number of carbonyl (C=O) groups is 1. The van der Waals surface area contributed by atoms with Crippen LogP contribution in [-0.2, 0) is 11.2 Å². The summed E-state index contributed by atoms with van der Waals surface area (Å²) in [5, 5.41) is 14.9. The minimum Gasteiger partial charge on any atom is -0.379 e. The number of hydrogen-bond acceptors (Lipinski definition) is 5. The molecule has 138 valence electrons. The predicted molar refractivity (Wildman–Crippen MR) is 110 cm³/mol. The average Bonchev–Trinajstić information content (AvgIpc) is 2.55. The quantitative estimate of drug-likeness (QED) is 0.387. The van der Waals surface area contributed by atoms with Crippen LogP contribution in [0.25, 0.3) is 0 Å². The van der Waals surface area contributed by atoms with Gasteiger partial charge in [-0.05, 0) is 29.9 Å². The van der Waals surface area contributed by atoms with Crippen molar-refractivity contribution >= 4 is 39.8 Å². The number of amides is 1. The van der Waals surface area contributed by atoms with E-state index in [-0.39, 0.29) is 22.2 Å². The molecule has 0 aliphatic carbocycles. The number of nitrogens with two attached hydrogens (primary N) is 2. The molecule has 0 bridgehead atoms. The molecule has 0 fully saturated rings. The van der Waals surface area contributed by atoms with E-state index < -0.39 is 0 Å². The lowest BCUT2D eigenvalue weighted by molar-refractivity contribution is -0.128. The fraction of sp³-hybridized carbons (Fsp3) is 0.471. The van der Waals surface area contributed by atoms with Gasteiger partial charge in [-0.2, -0.15) is 0 Å². The SMILES string of the molecule is CN(C)C(=O)CC[C@@H](CSC(=N)N)c1ccc(CCSC(=N)N)cc1. The Morgan fingerprint density at radius 3 is 2.24 bits per heavy atom. The Kier molecular flexibility index (Phi) is 9.44. The van der Waals surface area contributed by atoms with Crippen LogP contribution in [0.4, 0.5) is 0 Å². The van der Waals surface area contributed by atoms with Crippen molar-refractivity contribution in [3.05, 3.63) is 35.4 Å². The van der Waals surface area contributed by atoms with Crippen LogP contribution in [0.2, 0.25) is 0 Å². The number of amidine groups is 2. The summed E-state index contributed by atoms with van der Waals surface area (Å²) in [6.07, 6.45) is 2.07. The minimum absolute atomic E-state index is 0.0989. The molecule has 6 N–H and O–H groups in total. The van der Waals surface area contributed by atoms with E-state index in [1.807, 2.05) is 0 Å². The molecule has 0 aromatic heterocycles. The van der Waals surface area contributed by atoms with E-state index in [2.05, 4.69) is 24.3 Å². The fourth-order valence-corrected chi connectivity index (χ4v) is 3.59. The van der Waals surface area contributed by atoms with Gasteiger partial charge in [-0.1, -0.05) is 47.8 Å². The van der Waals surface area contributed by atoms with Crippen molar-refractivity contribution in [2.45, 2.75) is 25.2 Å². The van der Waals surface area contributed by atoms with Gasteiger partial charge in [-0.3, -0.25) is 15.6 Å². The zero-order chi connectivity index (χ0) is 18.8. The first-order valence-electron chi connectivity index (χ1n) is 8.02. The molecule has 6 nitrogen and oxygen atoms in total. The van der Waals surface area contributed by atoms with Crippen LogP contribution in [0.15, 0.2) is 24.3 Å². The summed E-state index contributed by atoms with van der Waals surface area (Å²) in [6, 6.07) is 8.32. The second kappa shape index (κ2) is 11.0. The fourth-order valence-electron chi connectivity index (χ4n) is 2.29. The third kappa shape index (κ3) is 8.83. The molecule has 1 aromatic carbocycles. The van der Waals surface area contributed by atoms with Gasteiger partial charge >= 0.3 is 0 Å². The number of nitrogens with zero attached hydrogens (tertiary/aromatic N) is 1. The van der Waals surface area contributed by atoms with Crippen molar-refractivity contribution in [1.82, 2.24) is 4.90 Å². The average molecular weight is 382 g/mol. The van der Waals surface area contributed by atoms with E-state index in [0.29, 0.717) is 12.2 Å². The summed E-state index contributed by atoms with van der Waals surface area (Å²) >= 11 is 2.65. The number of thioether (sulfide) groups is 2. The molecule has 1 atom stereocenters. The first kappa shape index (κ1) is 21.4. The molecule has 1 rings (SSSR count). The van der Waals surface area contributed by atoms with Crippen molar-refractivity contribution in [3.8, 4) is 0 Å². The zero-order valence-corrected chi connectivity index (χ0v) is 16.4. The van der Waals surface area contributed by atoms with E-state index in [0.717, 1.165) is 24.2 Å². The van der Waals surface area contributed by atoms with E-state index in [1.165, 1.54) is 29.1 Å². The Balaban J connectivity index is 2.70. The van der Waals surface area contributed by atoms with Gasteiger partial charge in [0.05, 0.1) is 0 Å². The number of hydrogen-bond donors (Lipinski definition) is 4.